The standard InChI is InChI=1S/C18H25N3O3/c1-12(2)10-20-11-15(9-19)18(22)21-13(3)14-6-7-16(23-4)17(8-14)24-5/h6-8,11-13,20H,10H2,1-5H3,(H,21,22)/b15-11-. The van der Waals surface area contributed by atoms with Gasteiger partial charge in [0, 0.05) is 12.7 Å². The first-order valence-electron chi connectivity index (χ1n) is 7.79. The molecule has 1 atom stereocenters. The second-order valence-corrected chi connectivity index (χ2v) is 5.78. The average Bonchev–Trinajstić information content (AvgIpc) is 2.57. The van der Waals surface area contributed by atoms with E-state index in [2.05, 4.69) is 10.6 Å². The zero-order valence-corrected chi connectivity index (χ0v) is 14.8. The first-order valence-corrected chi connectivity index (χ1v) is 7.79. The van der Waals surface area contributed by atoms with Crippen molar-refractivity contribution >= 4 is 5.91 Å². The van der Waals surface area contributed by atoms with E-state index in [4.69, 9.17) is 14.7 Å². The van der Waals surface area contributed by atoms with Crippen LogP contribution >= 0.6 is 0 Å². The zero-order valence-electron chi connectivity index (χ0n) is 14.8. The van der Waals surface area contributed by atoms with E-state index in [0.717, 1.165) is 5.56 Å². The maximum Gasteiger partial charge on any atom is 0.263 e. The Morgan fingerprint density at radius 2 is 1.92 bits per heavy atom. The molecule has 1 aromatic rings. The summed E-state index contributed by atoms with van der Waals surface area (Å²) in [5, 5.41) is 14.9. The van der Waals surface area contributed by atoms with Gasteiger partial charge in [-0.25, -0.2) is 0 Å². The molecular formula is C18H25N3O3. The highest BCUT2D eigenvalue weighted by Crippen LogP contribution is 2.29. The molecule has 0 radical (unpaired) electrons. The lowest BCUT2D eigenvalue weighted by molar-refractivity contribution is -0.117. The molecule has 0 saturated heterocycles. The molecule has 1 amide bonds. The summed E-state index contributed by atoms with van der Waals surface area (Å²) in [6, 6.07) is 7.06. The lowest BCUT2D eigenvalue weighted by Crippen LogP contribution is -2.28. The number of benzene rings is 1. The molecule has 6 nitrogen and oxygen atoms in total. The van der Waals surface area contributed by atoms with Crippen LogP contribution < -0.4 is 20.1 Å². The Hall–Kier alpha value is -2.68. The predicted molar refractivity (Wildman–Crippen MR) is 92.6 cm³/mol. The molecule has 130 valence electrons. The SMILES string of the molecule is COc1ccc(C(C)NC(=O)/C(C#N)=C\NCC(C)C)cc1OC. The van der Waals surface area contributed by atoms with Crippen LogP contribution in [0.3, 0.4) is 0 Å². The topological polar surface area (TPSA) is 83.4 Å². The minimum absolute atomic E-state index is 0.0444. The number of ether oxygens (including phenoxy) is 2. The number of nitriles is 1. The van der Waals surface area contributed by atoms with Crippen LogP contribution in [0.5, 0.6) is 11.5 Å². The van der Waals surface area contributed by atoms with E-state index in [1.54, 1.807) is 26.4 Å². The number of methoxy groups -OCH3 is 2. The number of amides is 1. The second-order valence-electron chi connectivity index (χ2n) is 5.78. The number of nitrogens with one attached hydrogen (secondary N) is 2. The van der Waals surface area contributed by atoms with Crippen molar-refractivity contribution in [3.05, 3.63) is 35.5 Å². The summed E-state index contributed by atoms with van der Waals surface area (Å²) in [6.45, 7) is 6.64. The summed E-state index contributed by atoms with van der Waals surface area (Å²) in [5.74, 6) is 1.21. The van der Waals surface area contributed by atoms with Gasteiger partial charge in [0.25, 0.3) is 5.91 Å². The van der Waals surface area contributed by atoms with Crippen LogP contribution in [0.2, 0.25) is 0 Å². The molecule has 2 N–H and O–H groups in total. The molecule has 1 unspecified atom stereocenters. The van der Waals surface area contributed by atoms with Gasteiger partial charge < -0.3 is 20.1 Å². The highest BCUT2D eigenvalue weighted by Gasteiger charge is 2.15. The normalized spacial score (nSPS) is 12.3. The molecule has 6 heteroatoms. The van der Waals surface area contributed by atoms with Crippen molar-refractivity contribution in [2.75, 3.05) is 20.8 Å². The quantitative estimate of drug-likeness (QED) is 0.565. The lowest BCUT2D eigenvalue weighted by atomic mass is 10.1. The van der Waals surface area contributed by atoms with Crippen LogP contribution in [0.25, 0.3) is 0 Å². The second kappa shape index (κ2) is 9.46. The minimum Gasteiger partial charge on any atom is -0.493 e. The van der Waals surface area contributed by atoms with Crippen molar-refractivity contribution in [2.45, 2.75) is 26.8 Å². The number of nitrogens with zero attached hydrogens (tertiary/aromatic N) is 1. The predicted octanol–water partition coefficient (Wildman–Crippen LogP) is 2.53. The largest absolute Gasteiger partial charge is 0.493 e. The molecule has 0 bridgehead atoms. The van der Waals surface area contributed by atoms with Crippen molar-refractivity contribution in [3.8, 4) is 17.6 Å². The highest BCUT2D eigenvalue weighted by atomic mass is 16.5. The number of carbonyl (C=O) groups excluding carboxylic acids is 1. The first kappa shape index (κ1) is 19.4. The van der Waals surface area contributed by atoms with Gasteiger partial charge in [-0.15, -0.1) is 0 Å². The van der Waals surface area contributed by atoms with Crippen LogP contribution in [-0.4, -0.2) is 26.7 Å². The van der Waals surface area contributed by atoms with Gasteiger partial charge in [-0.05, 0) is 30.5 Å². The summed E-state index contributed by atoms with van der Waals surface area (Å²) in [6.07, 6.45) is 1.46. The summed E-state index contributed by atoms with van der Waals surface area (Å²) in [4.78, 5) is 12.2. The summed E-state index contributed by atoms with van der Waals surface area (Å²) >= 11 is 0. The molecule has 1 aromatic carbocycles. The highest BCUT2D eigenvalue weighted by molar-refractivity contribution is 5.97. The third kappa shape index (κ3) is 5.51. The zero-order chi connectivity index (χ0) is 18.1. The Kier molecular flexibility index (Phi) is 7.63. The van der Waals surface area contributed by atoms with E-state index in [1.807, 2.05) is 32.9 Å². The van der Waals surface area contributed by atoms with E-state index in [1.165, 1.54) is 6.20 Å². The van der Waals surface area contributed by atoms with Crippen molar-refractivity contribution in [1.82, 2.24) is 10.6 Å². The number of hydrogen-bond donors (Lipinski definition) is 2. The molecule has 0 aliphatic heterocycles. The Morgan fingerprint density at radius 1 is 1.25 bits per heavy atom. The third-order valence-corrected chi connectivity index (χ3v) is 3.39. The van der Waals surface area contributed by atoms with Crippen LogP contribution in [0.1, 0.15) is 32.4 Å². The molecule has 0 fully saturated rings. The van der Waals surface area contributed by atoms with Crippen molar-refractivity contribution in [1.29, 1.82) is 5.26 Å². The fourth-order valence-corrected chi connectivity index (χ4v) is 2.03. The lowest BCUT2D eigenvalue weighted by Gasteiger charge is -2.16. The van der Waals surface area contributed by atoms with Crippen LogP contribution in [0, 0.1) is 17.2 Å². The maximum atomic E-state index is 12.2. The number of carbonyl (C=O) groups is 1. The fourth-order valence-electron chi connectivity index (χ4n) is 2.03. The third-order valence-electron chi connectivity index (χ3n) is 3.39. The minimum atomic E-state index is -0.420. The molecule has 0 heterocycles. The van der Waals surface area contributed by atoms with E-state index in [9.17, 15) is 4.79 Å². The molecule has 0 spiro atoms. The van der Waals surface area contributed by atoms with Gasteiger partial charge in [0.05, 0.1) is 20.3 Å². The number of rotatable bonds is 8. The van der Waals surface area contributed by atoms with Gasteiger partial charge in [0.15, 0.2) is 11.5 Å². The molecule has 24 heavy (non-hydrogen) atoms. The molecule has 1 rings (SSSR count). The maximum absolute atomic E-state index is 12.2. The average molecular weight is 331 g/mol. The van der Waals surface area contributed by atoms with Gasteiger partial charge >= 0.3 is 0 Å². The monoisotopic (exact) mass is 331 g/mol. The molecule has 0 aliphatic rings. The summed E-state index contributed by atoms with van der Waals surface area (Å²) < 4.78 is 10.5. The van der Waals surface area contributed by atoms with Gasteiger partial charge in [-0.1, -0.05) is 19.9 Å². The molecule has 0 aromatic heterocycles. The van der Waals surface area contributed by atoms with E-state index in [0.29, 0.717) is 24.0 Å². The number of hydrogen-bond acceptors (Lipinski definition) is 5. The first-order chi connectivity index (χ1) is 11.4. The Balaban J connectivity index is 2.80. The van der Waals surface area contributed by atoms with Crippen molar-refractivity contribution < 1.29 is 14.3 Å². The smallest absolute Gasteiger partial charge is 0.263 e. The van der Waals surface area contributed by atoms with E-state index in [-0.39, 0.29) is 11.6 Å². The molecule has 0 saturated carbocycles. The summed E-state index contributed by atoms with van der Waals surface area (Å²) in [5.41, 5.74) is 0.899. The fraction of sp³-hybridized carbons (Fsp3) is 0.444. The summed E-state index contributed by atoms with van der Waals surface area (Å²) in [7, 11) is 3.12. The van der Waals surface area contributed by atoms with Crippen LogP contribution in [-0.2, 0) is 4.79 Å². The van der Waals surface area contributed by atoms with Gasteiger partial charge in [-0.3, -0.25) is 4.79 Å². The van der Waals surface area contributed by atoms with Crippen molar-refractivity contribution in [3.63, 3.8) is 0 Å². The Labute approximate surface area is 143 Å². The van der Waals surface area contributed by atoms with E-state index < -0.39 is 5.91 Å². The Morgan fingerprint density at radius 3 is 2.46 bits per heavy atom. The van der Waals surface area contributed by atoms with Crippen LogP contribution in [0.4, 0.5) is 0 Å². The van der Waals surface area contributed by atoms with Gasteiger partial charge in [0.1, 0.15) is 11.6 Å². The van der Waals surface area contributed by atoms with Gasteiger partial charge in [-0.2, -0.15) is 5.26 Å². The molecule has 0 aliphatic carbocycles. The van der Waals surface area contributed by atoms with Crippen LogP contribution in [0.15, 0.2) is 30.0 Å². The van der Waals surface area contributed by atoms with Crippen molar-refractivity contribution in [2.24, 2.45) is 5.92 Å². The molecular weight excluding hydrogens is 306 g/mol. The van der Waals surface area contributed by atoms with Gasteiger partial charge in [0.2, 0.25) is 0 Å². The van der Waals surface area contributed by atoms with E-state index >= 15 is 0 Å². The Bertz CT molecular complexity index is 633.